The molecule has 5 N–H and O–H groups in total. The zero-order valence-corrected chi connectivity index (χ0v) is 12.1. The van der Waals surface area contributed by atoms with Gasteiger partial charge in [0.1, 0.15) is 5.82 Å². The van der Waals surface area contributed by atoms with Crippen molar-refractivity contribution in [2.24, 2.45) is 5.73 Å². The summed E-state index contributed by atoms with van der Waals surface area (Å²) in [5, 5.41) is 16.0. The van der Waals surface area contributed by atoms with Crippen LogP contribution in [0.3, 0.4) is 0 Å². The molecule has 1 atom stereocenters. The second-order valence-electron chi connectivity index (χ2n) is 4.32. The highest BCUT2D eigenvalue weighted by atomic mass is 32.1. The van der Waals surface area contributed by atoms with Crippen molar-refractivity contribution in [1.82, 2.24) is 10.3 Å². The van der Waals surface area contributed by atoms with E-state index >= 15 is 0 Å². The standard InChI is InChI=1S/C13H13FN4O3S/c14-8-3-1-2-7(4-8)5-16-12(21)18-13-17-9(6-22-13)10(19)11(15)20/h1-4,6,10,19H,5H2,(H2,15,20)(H2,16,17,18,21). The molecule has 0 saturated carbocycles. The maximum atomic E-state index is 13.0. The van der Waals surface area contributed by atoms with Crippen molar-refractivity contribution in [2.75, 3.05) is 5.32 Å². The van der Waals surface area contributed by atoms with E-state index in [2.05, 4.69) is 15.6 Å². The van der Waals surface area contributed by atoms with E-state index in [1.165, 1.54) is 17.5 Å². The van der Waals surface area contributed by atoms with Gasteiger partial charge in [0.2, 0.25) is 0 Å². The molecule has 22 heavy (non-hydrogen) atoms. The molecule has 116 valence electrons. The van der Waals surface area contributed by atoms with E-state index in [9.17, 15) is 19.1 Å². The number of nitrogens with one attached hydrogen (secondary N) is 2. The molecule has 0 radical (unpaired) electrons. The average molecular weight is 324 g/mol. The summed E-state index contributed by atoms with van der Waals surface area (Å²) in [4.78, 5) is 26.4. The average Bonchev–Trinajstić information content (AvgIpc) is 2.92. The minimum absolute atomic E-state index is 0.0675. The molecule has 0 aliphatic carbocycles. The predicted molar refractivity (Wildman–Crippen MR) is 78.5 cm³/mol. The van der Waals surface area contributed by atoms with E-state index in [1.54, 1.807) is 12.1 Å². The lowest BCUT2D eigenvalue weighted by Crippen LogP contribution is -2.28. The third-order valence-corrected chi connectivity index (χ3v) is 3.41. The number of nitrogens with zero attached hydrogens (tertiary/aromatic N) is 1. The van der Waals surface area contributed by atoms with Crippen molar-refractivity contribution in [3.8, 4) is 0 Å². The highest BCUT2D eigenvalue weighted by Crippen LogP contribution is 2.20. The Kier molecular flexibility index (Phi) is 5.02. The summed E-state index contributed by atoms with van der Waals surface area (Å²) in [6, 6.07) is 5.30. The van der Waals surface area contributed by atoms with Gasteiger partial charge in [-0.2, -0.15) is 0 Å². The number of aromatic nitrogens is 1. The van der Waals surface area contributed by atoms with Crippen LogP contribution in [-0.2, 0) is 11.3 Å². The summed E-state index contributed by atoms with van der Waals surface area (Å²) in [7, 11) is 0. The molecular formula is C13H13FN4O3S. The lowest BCUT2D eigenvalue weighted by Gasteiger charge is -2.05. The van der Waals surface area contributed by atoms with Crippen molar-refractivity contribution in [2.45, 2.75) is 12.6 Å². The summed E-state index contributed by atoms with van der Waals surface area (Å²) < 4.78 is 13.0. The van der Waals surface area contributed by atoms with Crippen LogP contribution in [0.25, 0.3) is 0 Å². The predicted octanol–water partition coefficient (Wildman–Crippen LogP) is 1.12. The highest BCUT2D eigenvalue weighted by molar-refractivity contribution is 7.13. The van der Waals surface area contributed by atoms with E-state index < -0.39 is 18.0 Å². The fraction of sp³-hybridized carbons (Fsp3) is 0.154. The molecule has 2 rings (SSSR count). The largest absolute Gasteiger partial charge is 0.377 e. The van der Waals surface area contributed by atoms with Gasteiger partial charge in [-0.05, 0) is 17.7 Å². The molecule has 0 aliphatic rings. The number of hydrogen-bond acceptors (Lipinski definition) is 5. The van der Waals surface area contributed by atoms with Crippen LogP contribution < -0.4 is 16.4 Å². The second kappa shape index (κ2) is 6.96. The van der Waals surface area contributed by atoms with E-state index in [0.717, 1.165) is 11.3 Å². The third-order valence-electron chi connectivity index (χ3n) is 2.63. The number of hydrogen-bond donors (Lipinski definition) is 4. The molecule has 3 amide bonds. The van der Waals surface area contributed by atoms with Crippen molar-refractivity contribution in [3.63, 3.8) is 0 Å². The first-order valence-electron chi connectivity index (χ1n) is 6.18. The molecule has 0 bridgehead atoms. The summed E-state index contributed by atoms with van der Waals surface area (Å²) in [5.74, 6) is -1.31. The van der Waals surface area contributed by atoms with Crippen molar-refractivity contribution in [3.05, 3.63) is 46.7 Å². The Morgan fingerprint density at radius 3 is 2.91 bits per heavy atom. The van der Waals surface area contributed by atoms with Crippen LogP contribution in [0.1, 0.15) is 17.4 Å². The normalized spacial score (nSPS) is 11.7. The molecule has 9 heteroatoms. The molecule has 0 saturated heterocycles. The Morgan fingerprint density at radius 1 is 1.45 bits per heavy atom. The number of thiazole rings is 1. The molecule has 0 fully saturated rings. The van der Waals surface area contributed by atoms with Gasteiger partial charge in [-0.1, -0.05) is 12.1 Å². The molecule has 1 unspecified atom stereocenters. The lowest BCUT2D eigenvalue weighted by molar-refractivity contribution is -0.126. The Bertz CT molecular complexity index is 691. The lowest BCUT2D eigenvalue weighted by atomic mass is 10.2. The number of carbonyl (C=O) groups excluding carboxylic acids is 2. The van der Waals surface area contributed by atoms with E-state index in [0.29, 0.717) is 5.56 Å². The van der Waals surface area contributed by atoms with Gasteiger partial charge in [-0.25, -0.2) is 14.2 Å². The van der Waals surface area contributed by atoms with Gasteiger partial charge in [0, 0.05) is 11.9 Å². The molecule has 0 aliphatic heterocycles. The highest BCUT2D eigenvalue weighted by Gasteiger charge is 2.17. The summed E-state index contributed by atoms with van der Waals surface area (Å²) in [5.41, 5.74) is 5.63. The van der Waals surface area contributed by atoms with Crippen LogP contribution >= 0.6 is 11.3 Å². The van der Waals surface area contributed by atoms with Crippen LogP contribution in [0.15, 0.2) is 29.6 Å². The Balaban J connectivity index is 1.88. The minimum Gasteiger partial charge on any atom is -0.377 e. The first-order valence-corrected chi connectivity index (χ1v) is 7.06. The molecule has 0 spiro atoms. The molecule has 2 aromatic rings. The quantitative estimate of drug-likeness (QED) is 0.659. The van der Waals surface area contributed by atoms with Gasteiger partial charge in [0.15, 0.2) is 11.2 Å². The van der Waals surface area contributed by atoms with E-state index in [4.69, 9.17) is 5.73 Å². The maximum absolute atomic E-state index is 13.0. The number of halogens is 1. The van der Waals surface area contributed by atoms with Crippen molar-refractivity contribution >= 4 is 28.4 Å². The monoisotopic (exact) mass is 324 g/mol. The van der Waals surface area contributed by atoms with Crippen LogP contribution in [0.2, 0.25) is 0 Å². The van der Waals surface area contributed by atoms with Crippen LogP contribution in [0.5, 0.6) is 0 Å². The van der Waals surface area contributed by atoms with Gasteiger partial charge in [0.05, 0.1) is 5.69 Å². The maximum Gasteiger partial charge on any atom is 0.321 e. The summed E-state index contributed by atoms with van der Waals surface area (Å²) in [6.45, 7) is 0.145. The topological polar surface area (TPSA) is 117 Å². The smallest absolute Gasteiger partial charge is 0.321 e. The van der Waals surface area contributed by atoms with Crippen molar-refractivity contribution < 1.29 is 19.1 Å². The van der Waals surface area contributed by atoms with E-state index in [1.807, 2.05) is 0 Å². The fourth-order valence-electron chi connectivity index (χ4n) is 1.59. The minimum atomic E-state index is -1.51. The number of anilines is 1. The molecule has 1 heterocycles. The molecule has 1 aromatic heterocycles. The number of aliphatic hydroxyl groups excluding tert-OH is 1. The first kappa shape index (κ1) is 15.9. The van der Waals surface area contributed by atoms with Gasteiger partial charge in [0.25, 0.3) is 5.91 Å². The van der Waals surface area contributed by atoms with Gasteiger partial charge in [-0.3, -0.25) is 10.1 Å². The Labute approximate surface area is 129 Å². The Hall–Kier alpha value is -2.52. The van der Waals surface area contributed by atoms with Crippen LogP contribution in [0, 0.1) is 5.82 Å². The second-order valence-corrected chi connectivity index (χ2v) is 5.18. The first-order chi connectivity index (χ1) is 10.5. The van der Waals surface area contributed by atoms with Crippen LogP contribution in [-0.4, -0.2) is 22.0 Å². The van der Waals surface area contributed by atoms with E-state index in [-0.39, 0.29) is 23.2 Å². The number of primary amides is 1. The summed E-state index contributed by atoms with van der Waals surface area (Å²) >= 11 is 1.04. The van der Waals surface area contributed by atoms with Gasteiger partial charge >= 0.3 is 6.03 Å². The SMILES string of the molecule is NC(=O)C(O)c1csc(NC(=O)NCc2cccc(F)c2)n1. The third kappa shape index (κ3) is 4.24. The number of benzene rings is 1. The number of rotatable bonds is 5. The number of aliphatic hydroxyl groups is 1. The Morgan fingerprint density at radius 2 is 2.23 bits per heavy atom. The fourth-order valence-corrected chi connectivity index (χ4v) is 2.31. The van der Waals surface area contributed by atoms with Crippen LogP contribution in [0.4, 0.5) is 14.3 Å². The summed E-state index contributed by atoms with van der Waals surface area (Å²) in [6.07, 6.45) is -1.51. The van der Waals surface area contributed by atoms with Gasteiger partial charge < -0.3 is 16.2 Å². The zero-order chi connectivity index (χ0) is 16.1. The van der Waals surface area contributed by atoms with Gasteiger partial charge in [-0.15, -0.1) is 11.3 Å². The molecule has 7 nitrogen and oxygen atoms in total. The number of nitrogens with two attached hydrogens (primary N) is 1. The molecule has 1 aromatic carbocycles. The zero-order valence-electron chi connectivity index (χ0n) is 11.2. The van der Waals surface area contributed by atoms with Crippen molar-refractivity contribution in [1.29, 1.82) is 0 Å². The number of urea groups is 1. The number of carbonyl (C=O) groups is 2. The molecular weight excluding hydrogens is 311 g/mol. The number of amides is 3.